The molecular formula is C28H32F3NO4S. The SMILES string of the molecule is CCOC(=O)C(C)(C)Oc1ccc(OC(C)(C)c2sc(-c3ccc(C(F)(F)F)cc3)nc2CC)cc1C. The monoisotopic (exact) mass is 535 g/mol. The predicted octanol–water partition coefficient (Wildman–Crippen LogP) is 7.73. The third-order valence-electron chi connectivity index (χ3n) is 5.69. The number of nitrogens with zero attached hydrogens (tertiary/aromatic N) is 1. The van der Waals surface area contributed by atoms with E-state index in [4.69, 9.17) is 19.2 Å². The van der Waals surface area contributed by atoms with Gasteiger partial charge in [0.1, 0.15) is 22.1 Å². The molecule has 0 bridgehead atoms. The van der Waals surface area contributed by atoms with Crippen molar-refractivity contribution in [3.63, 3.8) is 0 Å². The average Bonchev–Trinajstić information content (AvgIpc) is 3.26. The van der Waals surface area contributed by atoms with Gasteiger partial charge in [-0.25, -0.2) is 9.78 Å². The number of aryl methyl sites for hydroxylation is 2. The summed E-state index contributed by atoms with van der Waals surface area (Å²) in [6.45, 7) is 13.0. The number of esters is 1. The zero-order chi connectivity index (χ0) is 27.6. The Bertz CT molecular complexity index is 1250. The van der Waals surface area contributed by atoms with Crippen LogP contribution >= 0.6 is 11.3 Å². The summed E-state index contributed by atoms with van der Waals surface area (Å²) in [5.74, 6) is 0.701. The van der Waals surface area contributed by atoms with E-state index in [-0.39, 0.29) is 6.61 Å². The Hall–Kier alpha value is -3.07. The van der Waals surface area contributed by atoms with Crippen molar-refractivity contribution >= 4 is 17.3 Å². The quantitative estimate of drug-likeness (QED) is 0.262. The molecule has 3 rings (SSSR count). The molecule has 0 spiro atoms. The smallest absolute Gasteiger partial charge is 0.416 e. The van der Waals surface area contributed by atoms with Gasteiger partial charge >= 0.3 is 12.1 Å². The second-order valence-corrected chi connectivity index (χ2v) is 10.6. The number of benzene rings is 2. The van der Waals surface area contributed by atoms with Crippen molar-refractivity contribution in [3.05, 3.63) is 64.2 Å². The summed E-state index contributed by atoms with van der Waals surface area (Å²) in [7, 11) is 0. The maximum Gasteiger partial charge on any atom is 0.416 e. The fourth-order valence-electron chi connectivity index (χ4n) is 3.75. The minimum Gasteiger partial charge on any atom is -0.482 e. The van der Waals surface area contributed by atoms with Crippen LogP contribution in [-0.2, 0) is 27.7 Å². The van der Waals surface area contributed by atoms with Gasteiger partial charge in [0.05, 0.1) is 22.7 Å². The first-order chi connectivity index (χ1) is 17.2. The lowest BCUT2D eigenvalue weighted by Crippen LogP contribution is -2.39. The van der Waals surface area contributed by atoms with Gasteiger partial charge in [0.2, 0.25) is 0 Å². The van der Waals surface area contributed by atoms with E-state index in [1.807, 2.05) is 33.8 Å². The van der Waals surface area contributed by atoms with Crippen molar-refractivity contribution in [1.29, 1.82) is 0 Å². The largest absolute Gasteiger partial charge is 0.482 e. The molecule has 0 amide bonds. The van der Waals surface area contributed by atoms with Gasteiger partial charge in [0, 0.05) is 5.56 Å². The minimum absolute atomic E-state index is 0.268. The molecule has 1 aromatic heterocycles. The fraction of sp³-hybridized carbons (Fsp3) is 0.429. The van der Waals surface area contributed by atoms with Crippen LogP contribution in [-0.4, -0.2) is 23.2 Å². The van der Waals surface area contributed by atoms with E-state index in [1.54, 1.807) is 32.9 Å². The molecule has 0 radical (unpaired) electrons. The van der Waals surface area contributed by atoms with Gasteiger partial charge < -0.3 is 14.2 Å². The highest BCUT2D eigenvalue weighted by molar-refractivity contribution is 7.15. The van der Waals surface area contributed by atoms with Crippen LogP contribution in [0.1, 0.15) is 63.2 Å². The molecule has 0 unspecified atom stereocenters. The summed E-state index contributed by atoms with van der Waals surface area (Å²) in [4.78, 5) is 17.8. The van der Waals surface area contributed by atoms with Crippen LogP contribution in [0.25, 0.3) is 10.6 Å². The maximum absolute atomic E-state index is 13.0. The number of carbonyl (C=O) groups excluding carboxylic acids is 1. The second kappa shape index (κ2) is 10.7. The van der Waals surface area contributed by atoms with Crippen LogP contribution in [0.4, 0.5) is 13.2 Å². The number of carbonyl (C=O) groups is 1. The summed E-state index contributed by atoms with van der Waals surface area (Å²) in [6, 6.07) is 10.4. The summed E-state index contributed by atoms with van der Waals surface area (Å²) in [6.07, 6.45) is -3.74. The first-order valence-corrected chi connectivity index (χ1v) is 12.8. The lowest BCUT2D eigenvalue weighted by Gasteiger charge is -2.28. The van der Waals surface area contributed by atoms with Crippen LogP contribution in [0, 0.1) is 6.92 Å². The zero-order valence-electron chi connectivity index (χ0n) is 22.1. The van der Waals surface area contributed by atoms with E-state index < -0.39 is 28.9 Å². The molecule has 0 saturated carbocycles. The molecule has 1 heterocycles. The molecule has 0 fully saturated rings. The molecule has 3 aromatic rings. The first-order valence-electron chi connectivity index (χ1n) is 12.0. The van der Waals surface area contributed by atoms with Gasteiger partial charge in [-0.2, -0.15) is 13.2 Å². The van der Waals surface area contributed by atoms with E-state index in [1.165, 1.54) is 23.5 Å². The Morgan fingerprint density at radius 2 is 1.62 bits per heavy atom. The Kier molecular flexibility index (Phi) is 8.27. The van der Waals surface area contributed by atoms with Gasteiger partial charge in [-0.3, -0.25) is 0 Å². The van der Waals surface area contributed by atoms with Crippen molar-refractivity contribution in [2.45, 2.75) is 72.3 Å². The number of ether oxygens (including phenoxy) is 3. The molecule has 5 nitrogen and oxygen atoms in total. The number of thiazole rings is 1. The highest BCUT2D eigenvalue weighted by atomic mass is 32.1. The Morgan fingerprint density at radius 3 is 2.16 bits per heavy atom. The van der Waals surface area contributed by atoms with Gasteiger partial charge in [-0.1, -0.05) is 19.1 Å². The first kappa shape index (κ1) is 28.5. The summed E-state index contributed by atoms with van der Waals surface area (Å²) < 4.78 is 56.2. The van der Waals surface area contributed by atoms with Gasteiger partial charge in [0.15, 0.2) is 5.60 Å². The molecule has 0 aliphatic heterocycles. The van der Waals surface area contributed by atoms with Crippen LogP contribution in [0.3, 0.4) is 0 Å². The number of halogens is 3. The number of hydrogen-bond acceptors (Lipinski definition) is 6. The van der Waals surface area contributed by atoms with Gasteiger partial charge in [0.25, 0.3) is 0 Å². The molecule has 0 N–H and O–H groups in total. The normalized spacial score (nSPS) is 12.4. The van der Waals surface area contributed by atoms with E-state index in [9.17, 15) is 18.0 Å². The van der Waals surface area contributed by atoms with E-state index in [0.717, 1.165) is 28.3 Å². The Labute approximate surface area is 219 Å². The second-order valence-electron chi connectivity index (χ2n) is 9.60. The number of aromatic nitrogens is 1. The van der Waals surface area contributed by atoms with Gasteiger partial charge in [-0.05, 0) is 83.9 Å². The highest BCUT2D eigenvalue weighted by Gasteiger charge is 2.33. The minimum atomic E-state index is -4.38. The van der Waals surface area contributed by atoms with Crippen molar-refractivity contribution in [3.8, 4) is 22.1 Å². The molecular weight excluding hydrogens is 503 g/mol. The van der Waals surface area contributed by atoms with E-state index >= 15 is 0 Å². The van der Waals surface area contributed by atoms with E-state index in [0.29, 0.717) is 28.5 Å². The molecule has 9 heteroatoms. The predicted molar refractivity (Wildman–Crippen MR) is 138 cm³/mol. The third-order valence-corrected chi connectivity index (χ3v) is 7.14. The zero-order valence-corrected chi connectivity index (χ0v) is 22.9. The van der Waals surface area contributed by atoms with Crippen LogP contribution in [0.15, 0.2) is 42.5 Å². The number of alkyl halides is 3. The van der Waals surface area contributed by atoms with Crippen molar-refractivity contribution in [2.75, 3.05) is 6.61 Å². The van der Waals surface area contributed by atoms with E-state index in [2.05, 4.69) is 0 Å². The van der Waals surface area contributed by atoms with Crippen LogP contribution in [0.5, 0.6) is 11.5 Å². The molecule has 2 aromatic carbocycles. The van der Waals surface area contributed by atoms with Crippen molar-refractivity contribution in [2.24, 2.45) is 0 Å². The highest BCUT2D eigenvalue weighted by Crippen LogP contribution is 2.40. The lowest BCUT2D eigenvalue weighted by molar-refractivity contribution is -0.158. The molecule has 0 saturated heterocycles. The average molecular weight is 536 g/mol. The lowest BCUT2D eigenvalue weighted by atomic mass is 10.0. The third kappa shape index (κ3) is 6.63. The summed E-state index contributed by atoms with van der Waals surface area (Å²) in [5, 5.41) is 0.637. The maximum atomic E-state index is 13.0. The molecule has 0 aliphatic carbocycles. The topological polar surface area (TPSA) is 57.7 Å². The van der Waals surface area contributed by atoms with Crippen molar-refractivity contribution < 1.29 is 32.2 Å². The summed E-state index contributed by atoms with van der Waals surface area (Å²) in [5.41, 5.74) is -0.354. The Balaban J connectivity index is 1.83. The van der Waals surface area contributed by atoms with Crippen LogP contribution in [0.2, 0.25) is 0 Å². The standard InChI is InChI=1S/C28H32F3NO4S/c1-8-21-23(37-24(32-21)18-10-12-19(13-11-18)28(29,30)31)26(4,5)35-20-14-15-22(17(3)16-20)36-27(6,7)25(33)34-9-2/h10-16H,8-9H2,1-7H3. The molecule has 37 heavy (non-hydrogen) atoms. The van der Waals surface area contributed by atoms with Crippen LogP contribution < -0.4 is 9.47 Å². The van der Waals surface area contributed by atoms with Crippen molar-refractivity contribution in [1.82, 2.24) is 4.98 Å². The number of rotatable bonds is 9. The van der Waals surface area contributed by atoms with Gasteiger partial charge in [-0.15, -0.1) is 11.3 Å². The molecule has 0 atom stereocenters. The fourth-order valence-corrected chi connectivity index (χ4v) is 4.95. The Morgan fingerprint density at radius 1 is 0.973 bits per heavy atom. The molecule has 0 aliphatic rings. The number of hydrogen-bond donors (Lipinski definition) is 0. The summed E-state index contributed by atoms with van der Waals surface area (Å²) >= 11 is 1.41. The molecule has 200 valence electrons.